The molecule has 6 atom stereocenters. The fourth-order valence-corrected chi connectivity index (χ4v) is 8.69. The number of rotatable bonds is 6. The number of nitro groups is 1. The zero-order valence-electron chi connectivity index (χ0n) is 23.2. The Bertz CT molecular complexity index is 1680. The van der Waals surface area contributed by atoms with Gasteiger partial charge in [0.15, 0.2) is 9.75 Å². The molecule has 3 fully saturated rings. The molecule has 0 aromatic heterocycles. The first kappa shape index (κ1) is 30.4. The average Bonchev–Trinajstić information content (AvgIpc) is 3.34. The number of fused-ring (bicyclic) bond motifs is 4. The summed E-state index contributed by atoms with van der Waals surface area (Å²) >= 11 is 17.7. The molecule has 15 heteroatoms. The van der Waals surface area contributed by atoms with Gasteiger partial charge in [0, 0.05) is 35.7 Å². The van der Waals surface area contributed by atoms with E-state index in [4.69, 9.17) is 32.7 Å². The Morgan fingerprint density at radius 2 is 1.70 bits per heavy atom. The Labute approximate surface area is 268 Å². The predicted molar refractivity (Wildman–Crippen MR) is 160 cm³/mol. The van der Waals surface area contributed by atoms with E-state index in [-0.39, 0.29) is 52.5 Å². The summed E-state index contributed by atoms with van der Waals surface area (Å²) in [6.45, 7) is 0. The second-order valence-corrected chi connectivity index (χ2v) is 12.8. The third-order valence-corrected chi connectivity index (χ3v) is 11.0. The number of nitro benzene ring substituents is 1. The van der Waals surface area contributed by atoms with Crippen molar-refractivity contribution >= 4 is 74.1 Å². The van der Waals surface area contributed by atoms with Crippen molar-refractivity contribution in [3.8, 4) is 17.2 Å². The lowest BCUT2D eigenvalue weighted by Gasteiger charge is -2.51. The van der Waals surface area contributed by atoms with Crippen LogP contribution in [0.5, 0.6) is 17.2 Å². The SMILES string of the molecule is COc1cc(O)cc(OC)c1[C@H]1C2=CC[C@@H]3C(=O)N(c4cccc([N+](=O)[O-])c4)C(=O)[C@@H]3[C@@H]2C[C@@]2(Cl)C(=O)N(CBr)C(=O)[C@@]12Cl. The number of carbonyl (C=O) groups excluding carboxylic acids is 4. The van der Waals surface area contributed by atoms with Crippen molar-refractivity contribution in [1.82, 2.24) is 4.90 Å². The molecule has 1 saturated carbocycles. The number of amides is 4. The Kier molecular flexibility index (Phi) is 7.21. The van der Waals surface area contributed by atoms with Crippen LogP contribution in [0.1, 0.15) is 24.3 Å². The van der Waals surface area contributed by atoms with Crippen LogP contribution in [0.25, 0.3) is 0 Å². The molecule has 0 spiro atoms. The molecule has 2 saturated heterocycles. The number of halogens is 3. The number of non-ortho nitro benzene ring substituents is 1. The number of nitrogens with zero attached hydrogens (tertiary/aromatic N) is 3. The van der Waals surface area contributed by atoms with Crippen LogP contribution < -0.4 is 14.4 Å². The number of aromatic hydroxyl groups is 1. The van der Waals surface area contributed by atoms with Crippen molar-refractivity contribution in [2.45, 2.75) is 28.5 Å². The molecule has 4 aliphatic rings. The Morgan fingerprint density at radius 3 is 2.30 bits per heavy atom. The average molecular weight is 709 g/mol. The lowest BCUT2D eigenvalue weighted by molar-refractivity contribution is -0.384. The lowest BCUT2D eigenvalue weighted by atomic mass is 9.56. The van der Waals surface area contributed by atoms with Gasteiger partial charge in [-0.3, -0.25) is 34.2 Å². The van der Waals surface area contributed by atoms with Gasteiger partial charge in [-0.25, -0.2) is 4.90 Å². The molecule has 2 heterocycles. The summed E-state index contributed by atoms with van der Waals surface area (Å²) in [4.78, 5) is 64.2. The minimum atomic E-state index is -2.11. The first-order valence-corrected chi connectivity index (χ1v) is 15.3. The molecule has 2 aromatic carbocycles. The van der Waals surface area contributed by atoms with Crippen LogP contribution in [0.15, 0.2) is 48.0 Å². The maximum absolute atomic E-state index is 14.1. The number of allylic oxidation sites excluding steroid dienone is 2. The van der Waals surface area contributed by atoms with E-state index in [0.717, 1.165) is 15.9 Å². The first-order valence-electron chi connectivity index (χ1n) is 13.4. The normalized spacial score (nSPS) is 31.0. The zero-order chi connectivity index (χ0) is 31.9. The molecule has 12 nitrogen and oxygen atoms in total. The van der Waals surface area contributed by atoms with Crippen LogP contribution in [0.3, 0.4) is 0 Å². The highest BCUT2D eigenvalue weighted by molar-refractivity contribution is 9.09. The van der Waals surface area contributed by atoms with Gasteiger partial charge in [0.05, 0.1) is 42.1 Å². The summed E-state index contributed by atoms with van der Waals surface area (Å²) in [6.07, 6.45) is 1.57. The molecule has 0 radical (unpaired) electrons. The summed E-state index contributed by atoms with van der Waals surface area (Å²) in [5, 5.41) is 21.8. The summed E-state index contributed by atoms with van der Waals surface area (Å²) in [5.41, 5.74) is 0.270. The number of phenolic OH excluding ortho intramolecular Hbond substituents is 1. The summed E-state index contributed by atoms with van der Waals surface area (Å²) in [6, 6.07) is 7.83. The van der Waals surface area contributed by atoms with Crippen molar-refractivity contribution in [3.05, 3.63) is 63.7 Å². The highest BCUT2D eigenvalue weighted by atomic mass is 79.9. The number of hydrogen-bond donors (Lipinski definition) is 1. The molecule has 6 rings (SSSR count). The number of anilines is 1. The van der Waals surface area contributed by atoms with Crippen molar-refractivity contribution in [1.29, 1.82) is 0 Å². The van der Waals surface area contributed by atoms with Gasteiger partial charge in [0.1, 0.15) is 17.2 Å². The third kappa shape index (κ3) is 3.88. The van der Waals surface area contributed by atoms with E-state index < -0.39 is 62.0 Å². The smallest absolute Gasteiger partial charge is 0.271 e. The number of carbonyl (C=O) groups is 4. The molecule has 44 heavy (non-hydrogen) atoms. The molecule has 2 aromatic rings. The van der Waals surface area contributed by atoms with E-state index >= 15 is 0 Å². The molecule has 230 valence electrons. The maximum Gasteiger partial charge on any atom is 0.271 e. The van der Waals surface area contributed by atoms with Gasteiger partial charge in [-0.1, -0.05) is 33.6 Å². The second kappa shape index (κ2) is 10.5. The Morgan fingerprint density at radius 1 is 1.05 bits per heavy atom. The topological polar surface area (TPSA) is 157 Å². The number of hydrogen-bond acceptors (Lipinski definition) is 9. The number of methoxy groups -OCH3 is 2. The van der Waals surface area contributed by atoms with Gasteiger partial charge in [-0.2, -0.15) is 0 Å². The number of benzene rings is 2. The number of ether oxygens (including phenoxy) is 2. The molecular weight excluding hydrogens is 685 g/mol. The fraction of sp³-hybridized carbons (Fsp3) is 0.379. The highest BCUT2D eigenvalue weighted by Gasteiger charge is 2.76. The lowest BCUT2D eigenvalue weighted by Crippen LogP contribution is -2.60. The quantitative estimate of drug-likeness (QED) is 0.116. The van der Waals surface area contributed by atoms with Crippen LogP contribution in [0.2, 0.25) is 0 Å². The van der Waals surface area contributed by atoms with E-state index in [0.29, 0.717) is 5.57 Å². The summed E-state index contributed by atoms with van der Waals surface area (Å²) in [7, 11) is 2.70. The summed E-state index contributed by atoms with van der Waals surface area (Å²) in [5.74, 6) is -6.63. The van der Waals surface area contributed by atoms with Gasteiger partial charge in [0.2, 0.25) is 11.8 Å². The third-order valence-electron chi connectivity index (χ3n) is 9.13. The minimum absolute atomic E-state index is 0.0456. The van der Waals surface area contributed by atoms with E-state index in [2.05, 4.69) is 15.9 Å². The molecule has 4 amide bonds. The van der Waals surface area contributed by atoms with E-state index in [9.17, 15) is 34.4 Å². The monoisotopic (exact) mass is 707 g/mol. The number of phenols is 1. The number of alkyl halides is 3. The van der Waals surface area contributed by atoms with Crippen LogP contribution >= 0.6 is 39.1 Å². The van der Waals surface area contributed by atoms with Gasteiger partial charge >= 0.3 is 0 Å². The van der Waals surface area contributed by atoms with Gasteiger partial charge in [-0.05, 0) is 24.8 Å². The van der Waals surface area contributed by atoms with E-state index in [1.54, 1.807) is 6.08 Å². The van der Waals surface area contributed by atoms with E-state index in [1.807, 2.05) is 0 Å². The van der Waals surface area contributed by atoms with Crippen LogP contribution in [-0.2, 0) is 19.2 Å². The van der Waals surface area contributed by atoms with Crippen molar-refractivity contribution in [2.24, 2.45) is 17.8 Å². The minimum Gasteiger partial charge on any atom is -0.508 e. The highest BCUT2D eigenvalue weighted by Crippen LogP contribution is 2.67. The Balaban J connectivity index is 1.56. The Hall–Kier alpha value is -3.68. The predicted octanol–water partition coefficient (Wildman–Crippen LogP) is 4.23. The van der Waals surface area contributed by atoms with Gasteiger partial charge < -0.3 is 14.6 Å². The van der Waals surface area contributed by atoms with Crippen molar-refractivity contribution in [2.75, 3.05) is 24.6 Å². The second-order valence-electron chi connectivity index (χ2n) is 11.0. The maximum atomic E-state index is 14.1. The van der Waals surface area contributed by atoms with E-state index in [1.165, 1.54) is 44.6 Å². The molecule has 1 N–H and O–H groups in total. The van der Waals surface area contributed by atoms with Crippen LogP contribution in [-0.4, -0.2) is 68.0 Å². The number of imide groups is 2. The van der Waals surface area contributed by atoms with Crippen LogP contribution in [0, 0.1) is 27.9 Å². The molecule has 0 bridgehead atoms. The standard InChI is InChI=1S/C29H24BrCl2N3O9/c1-43-19-9-15(36)10-20(44-2)22(19)23-16-6-7-17-21(18(16)11-28(31)26(39)33(12-30)27(40)29(23,28)32)25(38)34(24(17)37)13-4-3-5-14(8-13)35(41)42/h3-6,8-10,17-18,21,23,36H,7,11-12H2,1-2H3/t17-,18+,21-,23+,28+,29-/m0/s1. The van der Waals surface area contributed by atoms with Crippen molar-refractivity contribution in [3.63, 3.8) is 0 Å². The number of likely N-dealkylation sites (tertiary alicyclic amines) is 1. The van der Waals surface area contributed by atoms with Gasteiger partial charge in [-0.15, -0.1) is 23.2 Å². The summed E-state index contributed by atoms with van der Waals surface area (Å²) < 4.78 is 11.2. The molecule has 2 aliphatic heterocycles. The van der Waals surface area contributed by atoms with Gasteiger partial charge in [0.25, 0.3) is 17.5 Å². The largest absolute Gasteiger partial charge is 0.508 e. The fourth-order valence-electron chi connectivity index (χ4n) is 7.28. The molecule has 0 unspecified atom stereocenters. The molecule has 2 aliphatic carbocycles. The molecular formula is C29H24BrCl2N3O9. The van der Waals surface area contributed by atoms with Crippen molar-refractivity contribution < 1.29 is 38.7 Å². The first-order chi connectivity index (χ1) is 20.8. The zero-order valence-corrected chi connectivity index (χ0v) is 26.3. The van der Waals surface area contributed by atoms with Crippen LogP contribution in [0.4, 0.5) is 11.4 Å².